The second-order valence-corrected chi connectivity index (χ2v) is 3.62. The van der Waals surface area contributed by atoms with Crippen molar-refractivity contribution in [2.75, 3.05) is 5.73 Å². The molecule has 0 saturated heterocycles. The number of aromatic nitrogens is 1. The SMILES string of the molecule is Cc1nc2cccc(F)c2c(N)c1CCl. The van der Waals surface area contributed by atoms with Gasteiger partial charge in [-0.1, -0.05) is 6.07 Å². The van der Waals surface area contributed by atoms with Gasteiger partial charge in [0.05, 0.1) is 22.5 Å². The quantitative estimate of drug-likeness (QED) is 0.757. The van der Waals surface area contributed by atoms with Crippen molar-refractivity contribution in [3.63, 3.8) is 0 Å². The molecule has 2 aromatic rings. The largest absolute Gasteiger partial charge is 0.398 e. The van der Waals surface area contributed by atoms with Crippen molar-refractivity contribution in [2.45, 2.75) is 12.8 Å². The number of benzene rings is 1. The van der Waals surface area contributed by atoms with Crippen molar-refractivity contribution >= 4 is 28.2 Å². The lowest BCUT2D eigenvalue weighted by molar-refractivity contribution is 0.640. The van der Waals surface area contributed by atoms with Gasteiger partial charge in [0.25, 0.3) is 0 Å². The number of hydrogen-bond acceptors (Lipinski definition) is 2. The van der Waals surface area contributed by atoms with E-state index in [9.17, 15) is 4.39 Å². The Morgan fingerprint density at radius 1 is 1.47 bits per heavy atom. The fourth-order valence-corrected chi connectivity index (χ4v) is 1.97. The lowest BCUT2D eigenvalue weighted by atomic mass is 10.1. The van der Waals surface area contributed by atoms with Gasteiger partial charge >= 0.3 is 0 Å². The molecule has 1 aromatic heterocycles. The molecule has 2 rings (SSSR count). The van der Waals surface area contributed by atoms with Gasteiger partial charge in [-0.2, -0.15) is 0 Å². The van der Waals surface area contributed by atoms with Crippen LogP contribution in [-0.4, -0.2) is 4.98 Å². The Morgan fingerprint density at radius 2 is 2.20 bits per heavy atom. The lowest BCUT2D eigenvalue weighted by Crippen LogP contribution is -2.01. The van der Waals surface area contributed by atoms with Gasteiger partial charge in [-0.05, 0) is 19.1 Å². The van der Waals surface area contributed by atoms with E-state index < -0.39 is 0 Å². The summed E-state index contributed by atoms with van der Waals surface area (Å²) in [5, 5.41) is 0.360. The van der Waals surface area contributed by atoms with E-state index in [1.807, 2.05) is 6.92 Å². The summed E-state index contributed by atoms with van der Waals surface area (Å²) in [7, 11) is 0. The number of nitrogen functional groups attached to an aromatic ring is 1. The fraction of sp³-hybridized carbons (Fsp3) is 0.182. The summed E-state index contributed by atoms with van der Waals surface area (Å²) in [5.41, 5.74) is 8.28. The third kappa shape index (κ3) is 1.53. The maximum Gasteiger partial charge on any atom is 0.134 e. The van der Waals surface area contributed by atoms with Crippen molar-refractivity contribution in [3.05, 3.63) is 35.3 Å². The first-order valence-corrected chi connectivity index (χ1v) is 5.07. The molecule has 0 aliphatic heterocycles. The molecule has 0 atom stereocenters. The predicted molar refractivity (Wildman–Crippen MR) is 60.4 cm³/mol. The van der Waals surface area contributed by atoms with E-state index in [0.29, 0.717) is 22.2 Å². The molecule has 0 unspecified atom stereocenters. The summed E-state index contributed by atoms with van der Waals surface area (Å²) in [6.45, 7) is 1.82. The van der Waals surface area contributed by atoms with Crippen molar-refractivity contribution < 1.29 is 4.39 Å². The van der Waals surface area contributed by atoms with Gasteiger partial charge in [0.1, 0.15) is 5.82 Å². The molecule has 2 nitrogen and oxygen atoms in total. The zero-order valence-electron chi connectivity index (χ0n) is 8.22. The predicted octanol–water partition coefficient (Wildman–Crippen LogP) is 3.00. The van der Waals surface area contributed by atoms with Crippen LogP contribution in [0.1, 0.15) is 11.3 Å². The molecule has 15 heavy (non-hydrogen) atoms. The van der Waals surface area contributed by atoms with E-state index in [1.165, 1.54) is 6.07 Å². The molecule has 1 aromatic carbocycles. The molecule has 0 saturated carbocycles. The molecule has 2 N–H and O–H groups in total. The number of anilines is 1. The second kappa shape index (κ2) is 3.66. The first kappa shape index (κ1) is 10.2. The van der Waals surface area contributed by atoms with Crippen molar-refractivity contribution in [1.29, 1.82) is 0 Å². The molecule has 0 aliphatic rings. The van der Waals surface area contributed by atoms with E-state index in [1.54, 1.807) is 12.1 Å². The molecular weight excluding hydrogens is 215 g/mol. The third-order valence-corrected chi connectivity index (χ3v) is 2.71. The van der Waals surface area contributed by atoms with Gasteiger partial charge < -0.3 is 5.73 Å². The Morgan fingerprint density at radius 3 is 2.87 bits per heavy atom. The number of pyridine rings is 1. The van der Waals surface area contributed by atoms with E-state index in [0.717, 1.165) is 5.69 Å². The minimum absolute atomic E-state index is 0.245. The normalized spacial score (nSPS) is 10.9. The third-order valence-electron chi connectivity index (χ3n) is 2.44. The van der Waals surface area contributed by atoms with Crippen LogP contribution in [0.15, 0.2) is 18.2 Å². The molecule has 0 bridgehead atoms. The summed E-state index contributed by atoms with van der Waals surface area (Å²) < 4.78 is 13.5. The number of alkyl halides is 1. The van der Waals surface area contributed by atoms with Gasteiger partial charge in [-0.15, -0.1) is 11.6 Å². The highest BCUT2D eigenvalue weighted by Gasteiger charge is 2.11. The van der Waals surface area contributed by atoms with Gasteiger partial charge in [-0.25, -0.2) is 4.39 Å². The van der Waals surface area contributed by atoms with Crippen LogP contribution in [0.4, 0.5) is 10.1 Å². The zero-order chi connectivity index (χ0) is 11.0. The smallest absolute Gasteiger partial charge is 0.134 e. The molecular formula is C11H10ClFN2. The number of nitrogens with zero attached hydrogens (tertiary/aromatic N) is 1. The summed E-state index contributed by atoms with van der Waals surface area (Å²) in [6.07, 6.45) is 0. The summed E-state index contributed by atoms with van der Waals surface area (Å²) >= 11 is 5.75. The first-order valence-electron chi connectivity index (χ1n) is 4.54. The Hall–Kier alpha value is -1.35. The summed E-state index contributed by atoms with van der Waals surface area (Å²) in [5.74, 6) is -0.113. The topological polar surface area (TPSA) is 38.9 Å². The molecule has 78 valence electrons. The van der Waals surface area contributed by atoms with Gasteiger partial charge in [-0.3, -0.25) is 4.98 Å². The Balaban J connectivity index is 2.92. The van der Waals surface area contributed by atoms with E-state index in [4.69, 9.17) is 17.3 Å². The molecule has 1 heterocycles. The highest BCUT2D eigenvalue weighted by Crippen LogP contribution is 2.28. The minimum Gasteiger partial charge on any atom is -0.398 e. The van der Waals surface area contributed by atoms with Gasteiger partial charge in [0.2, 0.25) is 0 Å². The molecule has 0 radical (unpaired) electrons. The van der Waals surface area contributed by atoms with Crippen molar-refractivity contribution in [1.82, 2.24) is 4.98 Å². The van der Waals surface area contributed by atoms with Gasteiger partial charge in [0.15, 0.2) is 0 Å². The van der Waals surface area contributed by atoms with Gasteiger partial charge in [0, 0.05) is 11.3 Å². The molecule has 0 spiro atoms. The number of nitrogens with two attached hydrogens (primary N) is 1. The maximum atomic E-state index is 13.5. The van der Waals surface area contributed by atoms with Crippen LogP contribution in [-0.2, 0) is 5.88 Å². The van der Waals surface area contributed by atoms with E-state index in [-0.39, 0.29) is 11.7 Å². The molecule has 4 heteroatoms. The highest BCUT2D eigenvalue weighted by molar-refractivity contribution is 6.18. The summed E-state index contributed by atoms with van der Waals surface area (Å²) in [6, 6.07) is 4.72. The Bertz CT molecular complexity index is 525. The van der Waals surface area contributed by atoms with Crippen molar-refractivity contribution in [3.8, 4) is 0 Å². The van der Waals surface area contributed by atoms with E-state index in [2.05, 4.69) is 4.98 Å². The van der Waals surface area contributed by atoms with Crippen LogP contribution in [0.5, 0.6) is 0 Å². The molecule has 0 fully saturated rings. The number of halogens is 2. The standard InChI is InChI=1S/C11H10ClFN2/c1-6-7(5-12)11(14)10-8(13)3-2-4-9(10)15-6/h2-4H,5H2,1H3,(H2,14,15). The molecule has 0 amide bonds. The first-order chi connectivity index (χ1) is 7.15. The van der Waals surface area contributed by atoms with Crippen LogP contribution in [0.2, 0.25) is 0 Å². The maximum absolute atomic E-state index is 13.5. The highest BCUT2D eigenvalue weighted by atomic mass is 35.5. The Kier molecular flexibility index (Phi) is 2.49. The number of hydrogen-bond donors (Lipinski definition) is 1. The number of rotatable bonds is 1. The average molecular weight is 225 g/mol. The lowest BCUT2D eigenvalue weighted by Gasteiger charge is -2.09. The van der Waals surface area contributed by atoms with Crippen LogP contribution < -0.4 is 5.73 Å². The van der Waals surface area contributed by atoms with E-state index >= 15 is 0 Å². The Labute approximate surface area is 91.9 Å². The van der Waals surface area contributed by atoms with Crippen LogP contribution in [0.3, 0.4) is 0 Å². The minimum atomic E-state index is -0.358. The molecule has 0 aliphatic carbocycles. The number of aryl methyl sites for hydroxylation is 1. The zero-order valence-corrected chi connectivity index (χ0v) is 8.98. The summed E-state index contributed by atoms with van der Waals surface area (Å²) in [4.78, 5) is 4.26. The van der Waals surface area contributed by atoms with Crippen LogP contribution in [0.25, 0.3) is 10.9 Å². The number of fused-ring (bicyclic) bond motifs is 1. The second-order valence-electron chi connectivity index (χ2n) is 3.36. The fourth-order valence-electron chi connectivity index (χ4n) is 1.64. The van der Waals surface area contributed by atoms with Crippen molar-refractivity contribution in [2.24, 2.45) is 0 Å². The average Bonchev–Trinajstić information content (AvgIpc) is 2.17. The van der Waals surface area contributed by atoms with Crippen LogP contribution >= 0.6 is 11.6 Å². The monoisotopic (exact) mass is 224 g/mol. The van der Waals surface area contributed by atoms with Crippen LogP contribution in [0, 0.1) is 12.7 Å².